The Bertz CT molecular complexity index is 1450. The van der Waals surface area contributed by atoms with Crippen molar-refractivity contribution in [1.29, 1.82) is 0 Å². The summed E-state index contributed by atoms with van der Waals surface area (Å²) in [6.07, 6.45) is 0.262. The van der Waals surface area contributed by atoms with Crippen molar-refractivity contribution in [3.05, 3.63) is 48.0 Å². The fourth-order valence-electron chi connectivity index (χ4n) is 3.05. The summed E-state index contributed by atoms with van der Waals surface area (Å²) in [7, 11) is -9.17. The van der Waals surface area contributed by atoms with E-state index in [0.29, 0.717) is 17.6 Å². The summed E-state index contributed by atoms with van der Waals surface area (Å²) in [4.78, 5) is -0.945. The number of hydrogen-bond acceptors (Lipinski definition) is 11. The van der Waals surface area contributed by atoms with Gasteiger partial charge in [-0.3, -0.25) is 9.11 Å². The second-order valence-electron chi connectivity index (χ2n) is 6.45. The van der Waals surface area contributed by atoms with Crippen LogP contribution in [0.4, 0.5) is 11.4 Å². The Morgan fingerprint density at radius 1 is 1.00 bits per heavy atom. The quantitative estimate of drug-likeness (QED) is 0.109. The van der Waals surface area contributed by atoms with E-state index in [1.54, 1.807) is 6.92 Å². The van der Waals surface area contributed by atoms with Gasteiger partial charge in [0, 0.05) is 5.39 Å². The van der Waals surface area contributed by atoms with E-state index in [2.05, 4.69) is 19.6 Å². The number of aromatic hydroxyl groups is 1. The van der Waals surface area contributed by atoms with Gasteiger partial charge in [0.25, 0.3) is 20.2 Å². The molecule has 0 fully saturated rings. The number of rotatable bonds is 8. The highest BCUT2D eigenvalue weighted by molar-refractivity contribution is 7.94. The van der Waals surface area contributed by atoms with E-state index in [0.717, 1.165) is 12.1 Å². The third-order valence-corrected chi connectivity index (χ3v) is 6.79. The minimum absolute atomic E-state index is 0.0170. The summed E-state index contributed by atoms with van der Waals surface area (Å²) >= 11 is 0.382. The van der Waals surface area contributed by atoms with Crippen molar-refractivity contribution in [1.82, 2.24) is 0 Å². The maximum Gasteiger partial charge on any atom is 0.296 e. The number of phenols is 1. The lowest BCUT2D eigenvalue weighted by molar-refractivity contribution is -0.432. The molecule has 12 nitrogen and oxygen atoms in total. The highest BCUT2D eigenvalue weighted by Crippen LogP contribution is 2.46. The van der Waals surface area contributed by atoms with Gasteiger partial charge in [0.05, 0.1) is 21.8 Å². The number of azo groups is 1. The molecule has 0 atom stereocenters. The average molecular weight is 517 g/mol. The molecule has 3 aromatic carbocycles. The van der Waals surface area contributed by atoms with Crippen molar-refractivity contribution in [2.75, 3.05) is 0 Å². The summed E-state index contributed by atoms with van der Waals surface area (Å²) in [5.41, 5.74) is -0.112. The largest absolute Gasteiger partial charge is 0.505 e. The van der Waals surface area contributed by atoms with Gasteiger partial charge in [-0.1, -0.05) is 24.1 Å². The van der Waals surface area contributed by atoms with Crippen LogP contribution in [0, 0.1) is 0 Å². The number of benzene rings is 3. The summed E-state index contributed by atoms with van der Waals surface area (Å²) in [5.74, 6) is -0.469. The first kappa shape index (κ1) is 25.0. The van der Waals surface area contributed by atoms with Gasteiger partial charge in [0.2, 0.25) is 0 Å². The maximum atomic E-state index is 11.6. The van der Waals surface area contributed by atoms with Crippen LogP contribution < -0.4 is 0 Å². The molecule has 33 heavy (non-hydrogen) atoms. The number of phenolic OH excluding ortho intramolecular Hbond substituents is 1. The van der Waals surface area contributed by atoms with E-state index in [4.69, 9.17) is 5.26 Å². The lowest BCUT2D eigenvalue weighted by atomic mass is 10.0. The molecule has 3 aromatic rings. The molecular formula is C18H16N2O10S3. The molecular weight excluding hydrogens is 500 g/mol. The molecule has 0 aliphatic rings. The first-order valence-electron chi connectivity index (χ1n) is 8.90. The molecule has 15 heteroatoms. The molecule has 0 unspecified atom stereocenters. The van der Waals surface area contributed by atoms with Crippen LogP contribution in [0.1, 0.15) is 12.5 Å². The van der Waals surface area contributed by atoms with Gasteiger partial charge < -0.3 is 5.11 Å². The summed E-state index contributed by atoms with van der Waals surface area (Å²) in [6, 6.07) is 8.82. The molecule has 0 saturated carbocycles. The molecule has 3 rings (SSSR count). The molecule has 0 aliphatic carbocycles. The Labute approximate surface area is 192 Å². The zero-order valence-corrected chi connectivity index (χ0v) is 19.1. The van der Waals surface area contributed by atoms with Gasteiger partial charge in [-0.2, -0.15) is 16.8 Å². The van der Waals surface area contributed by atoms with Gasteiger partial charge in [0.15, 0.2) is 5.75 Å². The summed E-state index contributed by atoms with van der Waals surface area (Å²) in [6.45, 7) is 1.69. The average Bonchev–Trinajstić information content (AvgIpc) is 2.75. The standard InChI is InChI=1S/C18H16N2O10S3/c1-2-10-7-12(32(23,24)25)8-11-9-14(31-30-29-22)17(18(21)16(10)11)20-19-13-5-3-4-6-15(13)33(26,27)28/h3-9,21-22H,2H2,1H3,(H,23,24,25)(H,26,27,28). The molecule has 0 aromatic heterocycles. The van der Waals surface area contributed by atoms with Crippen molar-refractivity contribution in [2.45, 2.75) is 28.0 Å². The van der Waals surface area contributed by atoms with Crippen LogP contribution in [0.15, 0.2) is 67.4 Å². The van der Waals surface area contributed by atoms with Crippen molar-refractivity contribution in [3.8, 4) is 5.75 Å². The summed E-state index contributed by atoms with van der Waals surface area (Å²) < 4.78 is 69.6. The third-order valence-electron chi connectivity index (χ3n) is 4.44. The van der Waals surface area contributed by atoms with Gasteiger partial charge >= 0.3 is 0 Å². The molecule has 0 saturated heterocycles. The Morgan fingerprint density at radius 2 is 1.70 bits per heavy atom. The van der Waals surface area contributed by atoms with Gasteiger partial charge in [-0.15, -0.1) is 14.6 Å². The van der Waals surface area contributed by atoms with Crippen molar-refractivity contribution < 1.29 is 45.7 Å². The Hall–Kier alpha value is -2.63. The number of nitrogens with zero attached hydrogens (tertiary/aromatic N) is 2. The van der Waals surface area contributed by atoms with E-state index >= 15 is 0 Å². The van der Waals surface area contributed by atoms with E-state index in [-0.39, 0.29) is 33.5 Å². The fraction of sp³-hybridized carbons (Fsp3) is 0.111. The van der Waals surface area contributed by atoms with E-state index < -0.39 is 35.8 Å². The predicted octanol–water partition coefficient (Wildman–Crippen LogP) is 4.44. The summed E-state index contributed by atoms with van der Waals surface area (Å²) in [5, 5.41) is 31.1. The lowest BCUT2D eigenvalue weighted by Gasteiger charge is -2.13. The Morgan fingerprint density at radius 3 is 2.30 bits per heavy atom. The second kappa shape index (κ2) is 9.70. The molecule has 4 N–H and O–H groups in total. The molecule has 0 spiro atoms. The van der Waals surface area contributed by atoms with Crippen LogP contribution >= 0.6 is 12.0 Å². The van der Waals surface area contributed by atoms with Gasteiger partial charge in [-0.25, -0.2) is 5.26 Å². The van der Waals surface area contributed by atoms with Crippen molar-refractivity contribution in [2.24, 2.45) is 10.2 Å². The fourth-order valence-corrected chi connectivity index (χ4v) is 4.73. The van der Waals surface area contributed by atoms with E-state index in [1.807, 2.05) is 0 Å². The lowest BCUT2D eigenvalue weighted by Crippen LogP contribution is -2.00. The SMILES string of the molecule is CCc1cc(S(=O)(=O)O)cc2cc(SOOO)c(N=Nc3ccccc3S(=O)(=O)O)c(O)c12. The van der Waals surface area contributed by atoms with Gasteiger partial charge in [-0.05, 0) is 47.7 Å². The minimum Gasteiger partial charge on any atom is -0.505 e. The van der Waals surface area contributed by atoms with Crippen LogP contribution in [-0.2, 0) is 36.0 Å². The van der Waals surface area contributed by atoms with E-state index in [1.165, 1.54) is 30.3 Å². The second-order valence-corrected chi connectivity index (χ2v) is 10.0. The zero-order chi connectivity index (χ0) is 24.4. The first-order valence-corrected chi connectivity index (χ1v) is 12.5. The van der Waals surface area contributed by atoms with Crippen LogP contribution in [0.2, 0.25) is 0 Å². The predicted molar refractivity (Wildman–Crippen MR) is 116 cm³/mol. The van der Waals surface area contributed by atoms with Crippen LogP contribution in [0.5, 0.6) is 5.75 Å². The van der Waals surface area contributed by atoms with E-state index in [9.17, 15) is 31.0 Å². The molecule has 176 valence electrons. The highest BCUT2D eigenvalue weighted by Gasteiger charge is 2.21. The normalized spacial score (nSPS) is 12.6. The number of fused-ring (bicyclic) bond motifs is 1. The minimum atomic E-state index is -4.62. The Kier molecular flexibility index (Phi) is 7.35. The molecule has 0 amide bonds. The zero-order valence-electron chi connectivity index (χ0n) is 16.6. The molecule has 0 bridgehead atoms. The topological polar surface area (TPSA) is 192 Å². The molecule has 0 heterocycles. The third kappa shape index (κ3) is 5.48. The van der Waals surface area contributed by atoms with Gasteiger partial charge in [0.1, 0.15) is 16.3 Å². The van der Waals surface area contributed by atoms with Crippen LogP contribution in [-0.4, -0.2) is 36.3 Å². The monoisotopic (exact) mass is 516 g/mol. The molecule has 0 radical (unpaired) electrons. The van der Waals surface area contributed by atoms with Crippen molar-refractivity contribution >= 4 is 54.4 Å². The maximum absolute atomic E-state index is 11.6. The van der Waals surface area contributed by atoms with Crippen molar-refractivity contribution in [3.63, 3.8) is 0 Å². The first-order chi connectivity index (χ1) is 15.5. The smallest absolute Gasteiger partial charge is 0.296 e. The van der Waals surface area contributed by atoms with Crippen LogP contribution in [0.25, 0.3) is 10.8 Å². The number of hydrogen-bond donors (Lipinski definition) is 4. The molecule has 0 aliphatic heterocycles. The van der Waals surface area contributed by atoms with Crippen LogP contribution in [0.3, 0.4) is 0 Å². The number of aryl methyl sites for hydroxylation is 1. The Balaban J connectivity index is 2.29. The highest BCUT2D eigenvalue weighted by atomic mass is 32.2.